The highest BCUT2D eigenvalue weighted by atomic mass is 127. The third-order valence-electron chi connectivity index (χ3n) is 3.79. The SMILES string of the molecule is COc1ccc(C(=O)Nc2ccccc2OCc2ccccc2)cc1I. The Balaban J connectivity index is 1.73. The summed E-state index contributed by atoms with van der Waals surface area (Å²) in [6, 6.07) is 22.6. The van der Waals surface area contributed by atoms with Crippen molar-refractivity contribution in [2.45, 2.75) is 6.61 Å². The zero-order valence-electron chi connectivity index (χ0n) is 14.2. The maximum Gasteiger partial charge on any atom is 0.255 e. The number of nitrogens with one attached hydrogen (secondary N) is 1. The Morgan fingerprint density at radius 3 is 2.42 bits per heavy atom. The zero-order chi connectivity index (χ0) is 18.4. The van der Waals surface area contributed by atoms with Crippen molar-refractivity contribution in [3.8, 4) is 11.5 Å². The first kappa shape index (κ1) is 18.3. The molecule has 3 aromatic carbocycles. The molecular weight excluding hydrogens is 441 g/mol. The molecule has 0 unspecified atom stereocenters. The Morgan fingerprint density at radius 1 is 0.962 bits per heavy atom. The van der Waals surface area contributed by atoms with Gasteiger partial charge in [-0.25, -0.2) is 0 Å². The van der Waals surface area contributed by atoms with Crippen LogP contribution >= 0.6 is 22.6 Å². The molecule has 3 rings (SSSR count). The molecule has 0 bridgehead atoms. The smallest absolute Gasteiger partial charge is 0.255 e. The number of anilines is 1. The van der Waals surface area contributed by atoms with E-state index in [9.17, 15) is 4.79 Å². The minimum atomic E-state index is -0.193. The topological polar surface area (TPSA) is 47.6 Å². The number of hydrogen-bond donors (Lipinski definition) is 1. The lowest BCUT2D eigenvalue weighted by Crippen LogP contribution is -2.13. The van der Waals surface area contributed by atoms with Gasteiger partial charge in [-0.05, 0) is 58.5 Å². The van der Waals surface area contributed by atoms with Gasteiger partial charge in [-0.3, -0.25) is 4.79 Å². The van der Waals surface area contributed by atoms with Crippen LogP contribution in [0.3, 0.4) is 0 Å². The molecule has 26 heavy (non-hydrogen) atoms. The third kappa shape index (κ3) is 4.54. The van der Waals surface area contributed by atoms with E-state index in [4.69, 9.17) is 9.47 Å². The summed E-state index contributed by atoms with van der Waals surface area (Å²) in [6.07, 6.45) is 0. The maximum atomic E-state index is 12.6. The predicted octanol–water partition coefficient (Wildman–Crippen LogP) is 5.13. The Morgan fingerprint density at radius 2 is 1.69 bits per heavy atom. The number of hydrogen-bond acceptors (Lipinski definition) is 3. The molecule has 0 aliphatic heterocycles. The normalized spacial score (nSPS) is 10.2. The van der Waals surface area contributed by atoms with E-state index in [0.717, 1.165) is 14.9 Å². The monoisotopic (exact) mass is 459 g/mol. The van der Waals surface area contributed by atoms with Gasteiger partial charge in [0, 0.05) is 5.56 Å². The van der Waals surface area contributed by atoms with Crippen LogP contribution in [0.5, 0.6) is 11.5 Å². The predicted molar refractivity (Wildman–Crippen MR) is 111 cm³/mol. The van der Waals surface area contributed by atoms with Crippen molar-refractivity contribution in [3.63, 3.8) is 0 Å². The summed E-state index contributed by atoms with van der Waals surface area (Å²) in [4.78, 5) is 12.6. The molecule has 132 valence electrons. The number of benzene rings is 3. The van der Waals surface area contributed by atoms with Gasteiger partial charge in [0.05, 0.1) is 16.4 Å². The van der Waals surface area contributed by atoms with Crippen LogP contribution in [-0.2, 0) is 6.61 Å². The summed E-state index contributed by atoms with van der Waals surface area (Å²) >= 11 is 2.15. The molecule has 0 spiro atoms. The molecule has 0 aromatic heterocycles. The minimum Gasteiger partial charge on any atom is -0.496 e. The Kier molecular flexibility index (Phi) is 6.12. The van der Waals surface area contributed by atoms with Crippen LogP contribution in [0.4, 0.5) is 5.69 Å². The molecule has 0 saturated carbocycles. The Hall–Kier alpha value is -2.54. The fourth-order valence-electron chi connectivity index (χ4n) is 2.43. The van der Waals surface area contributed by atoms with Crippen LogP contribution in [0, 0.1) is 3.57 Å². The zero-order valence-corrected chi connectivity index (χ0v) is 16.4. The molecule has 0 saturated heterocycles. The first-order chi connectivity index (χ1) is 12.7. The van der Waals surface area contributed by atoms with Crippen molar-refractivity contribution < 1.29 is 14.3 Å². The van der Waals surface area contributed by atoms with E-state index in [1.54, 1.807) is 25.3 Å². The van der Waals surface area contributed by atoms with E-state index in [2.05, 4.69) is 27.9 Å². The average molecular weight is 459 g/mol. The van der Waals surface area contributed by atoms with E-state index in [1.807, 2.05) is 54.6 Å². The second-order valence-electron chi connectivity index (χ2n) is 5.57. The van der Waals surface area contributed by atoms with E-state index >= 15 is 0 Å². The average Bonchev–Trinajstić information content (AvgIpc) is 2.68. The molecule has 0 heterocycles. The molecular formula is C21H18INO3. The number of halogens is 1. The molecule has 0 atom stereocenters. The third-order valence-corrected chi connectivity index (χ3v) is 4.63. The summed E-state index contributed by atoms with van der Waals surface area (Å²) in [6.45, 7) is 0.439. The molecule has 5 heteroatoms. The van der Waals surface area contributed by atoms with Crippen LogP contribution in [0.15, 0.2) is 72.8 Å². The molecule has 0 aliphatic carbocycles. The molecule has 1 N–H and O–H groups in total. The van der Waals surface area contributed by atoms with Crippen molar-refractivity contribution >= 4 is 34.2 Å². The second-order valence-corrected chi connectivity index (χ2v) is 6.74. The Labute approximate surface area is 166 Å². The Bertz CT molecular complexity index is 897. The van der Waals surface area contributed by atoms with Crippen LogP contribution in [0.25, 0.3) is 0 Å². The van der Waals surface area contributed by atoms with Gasteiger partial charge < -0.3 is 14.8 Å². The first-order valence-corrected chi connectivity index (χ1v) is 9.16. The number of amides is 1. The number of carbonyl (C=O) groups excluding carboxylic acids is 1. The lowest BCUT2D eigenvalue weighted by Gasteiger charge is -2.13. The molecule has 0 fully saturated rings. The highest BCUT2D eigenvalue weighted by Crippen LogP contribution is 2.26. The molecule has 0 aliphatic rings. The van der Waals surface area contributed by atoms with Gasteiger partial charge in [0.25, 0.3) is 5.91 Å². The number of methoxy groups -OCH3 is 1. The summed E-state index contributed by atoms with van der Waals surface area (Å²) in [5.41, 5.74) is 2.27. The summed E-state index contributed by atoms with van der Waals surface area (Å²) in [5.74, 6) is 1.18. The van der Waals surface area contributed by atoms with Crippen molar-refractivity contribution in [2.75, 3.05) is 12.4 Å². The van der Waals surface area contributed by atoms with Crippen molar-refractivity contribution in [1.82, 2.24) is 0 Å². The first-order valence-electron chi connectivity index (χ1n) is 8.08. The fraction of sp³-hybridized carbons (Fsp3) is 0.0952. The summed E-state index contributed by atoms with van der Waals surface area (Å²) in [7, 11) is 1.61. The maximum absolute atomic E-state index is 12.6. The van der Waals surface area contributed by atoms with Gasteiger partial charge in [0.2, 0.25) is 0 Å². The van der Waals surface area contributed by atoms with Crippen LogP contribution in [0.2, 0.25) is 0 Å². The van der Waals surface area contributed by atoms with Gasteiger partial charge in [0.1, 0.15) is 18.1 Å². The van der Waals surface area contributed by atoms with Crippen molar-refractivity contribution in [3.05, 3.63) is 87.5 Å². The van der Waals surface area contributed by atoms with Gasteiger partial charge in [0.15, 0.2) is 0 Å². The lowest BCUT2D eigenvalue weighted by atomic mass is 10.2. The standard InChI is InChI=1S/C21H18INO3/c1-25-19-12-11-16(13-17(19)22)21(24)23-18-9-5-6-10-20(18)26-14-15-7-3-2-4-8-15/h2-13H,14H2,1H3,(H,23,24). The molecule has 0 radical (unpaired) electrons. The van der Waals surface area contributed by atoms with Gasteiger partial charge >= 0.3 is 0 Å². The number of ether oxygens (including phenoxy) is 2. The molecule has 3 aromatic rings. The quantitative estimate of drug-likeness (QED) is 0.520. The number of para-hydroxylation sites is 2. The highest BCUT2D eigenvalue weighted by molar-refractivity contribution is 14.1. The van der Waals surface area contributed by atoms with Gasteiger partial charge in [-0.1, -0.05) is 42.5 Å². The van der Waals surface area contributed by atoms with Gasteiger partial charge in [-0.15, -0.1) is 0 Å². The lowest BCUT2D eigenvalue weighted by molar-refractivity contribution is 0.102. The van der Waals surface area contributed by atoms with Gasteiger partial charge in [-0.2, -0.15) is 0 Å². The second kappa shape index (κ2) is 8.71. The fourth-order valence-corrected chi connectivity index (χ4v) is 3.17. The van der Waals surface area contributed by atoms with E-state index < -0.39 is 0 Å². The highest BCUT2D eigenvalue weighted by Gasteiger charge is 2.12. The van der Waals surface area contributed by atoms with Crippen LogP contribution < -0.4 is 14.8 Å². The summed E-state index contributed by atoms with van der Waals surface area (Å²) < 4.78 is 12.0. The minimum absolute atomic E-state index is 0.193. The van der Waals surface area contributed by atoms with E-state index in [-0.39, 0.29) is 5.91 Å². The summed E-state index contributed by atoms with van der Waals surface area (Å²) in [5, 5.41) is 2.92. The van der Waals surface area contributed by atoms with Crippen molar-refractivity contribution in [1.29, 1.82) is 0 Å². The van der Waals surface area contributed by atoms with Crippen LogP contribution in [0.1, 0.15) is 15.9 Å². The largest absolute Gasteiger partial charge is 0.496 e. The number of carbonyl (C=O) groups is 1. The molecule has 1 amide bonds. The van der Waals surface area contributed by atoms with Crippen LogP contribution in [-0.4, -0.2) is 13.0 Å². The molecule has 4 nitrogen and oxygen atoms in total. The number of rotatable bonds is 6. The van der Waals surface area contributed by atoms with Crippen molar-refractivity contribution in [2.24, 2.45) is 0 Å². The van der Waals surface area contributed by atoms with E-state index in [1.165, 1.54) is 0 Å². The van der Waals surface area contributed by atoms with E-state index in [0.29, 0.717) is 23.6 Å².